The molecule has 0 spiro atoms. The lowest BCUT2D eigenvalue weighted by atomic mass is 10.1. The van der Waals surface area contributed by atoms with Gasteiger partial charge in [-0.1, -0.05) is 0 Å². The Hall–Kier alpha value is -0.120. The van der Waals surface area contributed by atoms with Gasteiger partial charge in [0.1, 0.15) is 0 Å². The number of piperazine rings is 1. The zero-order valence-electron chi connectivity index (χ0n) is 10.2. The topological polar surface area (TPSA) is 32.5 Å². The molecule has 3 nitrogen and oxygen atoms in total. The van der Waals surface area contributed by atoms with E-state index in [4.69, 9.17) is 5.73 Å². The van der Waals surface area contributed by atoms with Crippen LogP contribution in [0.1, 0.15) is 26.2 Å². The Balaban J connectivity index is 1.69. The standard InChI is InChI=1S/C12H25N3/c1-10-9-14(2)7-8-15(10)6-5-12(13)11-3-4-11/h10-12H,3-9,13H2,1-2H3. The van der Waals surface area contributed by atoms with Gasteiger partial charge in [0.25, 0.3) is 0 Å². The number of hydrogen-bond acceptors (Lipinski definition) is 3. The van der Waals surface area contributed by atoms with Gasteiger partial charge < -0.3 is 10.6 Å². The largest absolute Gasteiger partial charge is 0.327 e. The zero-order valence-corrected chi connectivity index (χ0v) is 10.2. The summed E-state index contributed by atoms with van der Waals surface area (Å²) in [6.07, 6.45) is 3.94. The number of likely N-dealkylation sites (N-methyl/N-ethyl adjacent to an activating group) is 1. The summed E-state index contributed by atoms with van der Waals surface area (Å²) in [6.45, 7) is 7.17. The minimum Gasteiger partial charge on any atom is -0.327 e. The first-order chi connectivity index (χ1) is 7.16. The van der Waals surface area contributed by atoms with E-state index in [0.717, 1.165) is 5.92 Å². The van der Waals surface area contributed by atoms with Crippen LogP contribution in [0.2, 0.25) is 0 Å². The molecule has 0 bridgehead atoms. The number of nitrogens with zero attached hydrogens (tertiary/aromatic N) is 2. The van der Waals surface area contributed by atoms with E-state index in [2.05, 4.69) is 23.8 Å². The van der Waals surface area contributed by atoms with Crippen LogP contribution >= 0.6 is 0 Å². The van der Waals surface area contributed by atoms with E-state index in [-0.39, 0.29) is 0 Å². The van der Waals surface area contributed by atoms with Crippen LogP contribution in [0.3, 0.4) is 0 Å². The summed E-state index contributed by atoms with van der Waals surface area (Å²) in [7, 11) is 2.21. The van der Waals surface area contributed by atoms with Crippen LogP contribution in [-0.2, 0) is 0 Å². The van der Waals surface area contributed by atoms with E-state index in [1.54, 1.807) is 0 Å². The van der Waals surface area contributed by atoms with E-state index in [1.165, 1.54) is 45.4 Å². The number of hydrogen-bond donors (Lipinski definition) is 1. The highest BCUT2D eigenvalue weighted by Crippen LogP contribution is 2.32. The second-order valence-electron chi connectivity index (χ2n) is 5.44. The van der Waals surface area contributed by atoms with Crippen LogP contribution in [0, 0.1) is 5.92 Å². The van der Waals surface area contributed by atoms with E-state index in [1.807, 2.05) is 0 Å². The first-order valence-corrected chi connectivity index (χ1v) is 6.35. The monoisotopic (exact) mass is 211 g/mol. The SMILES string of the molecule is CC1CN(C)CCN1CCC(N)C1CC1. The van der Waals surface area contributed by atoms with Gasteiger partial charge >= 0.3 is 0 Å². The molecule has 0 aromatic carbocycles. The molecule has 0 aromatic rings. The Labute approximate surface area is 93.6 Å². The van der Waals surface area contributed by atoms with Crippen molar-refractivity contribution >= 4 is 0 Å². The van der Waals surface area contributed by atoms with Crippen molar-refractivity contribution in [2.75, 3.05) is 33.2 Å². The maximum atomic E-state index is 6.13. The van der Waals surface area contributed by atoms with E-state index in [0.29, 0.717) is 12.1 Å². The minimum absolute atomic E-state index is 0.469. The minimum atomic E-state index is 0.469. The van der Waals surface area contributed by atoms with Crippen LogP contribution in [0.5, 0.6) is 0 Å². The van der Waals surface area contributed by atoms with Gasteiger partial charge in [0.05, 0.1) is 0 Å². The van der Waals surface area contributed by atoms with Gasteiger partial charge in [-0.2, -0.15) is 0 Å². The van der Waals surface area contributed by atoms with Gasteiger partial charge in [0, 0.05) is 38.3 Å². The Morgan fingerprint density at radius 2 is 2.07 bits per heavy atom. The molecule has 2 N–H and O–H groups in total. The van der Waals surface area contributed by atoms with Crippen molar-refractivity contribution in [1.82, 2.24) is 9.80 Å². The third-order valence-electron chi connectivity index (χ3n) is 3.95. The summed E-state index contributed by atoms with van der Waals surface area (Å²) in [5, 5.41) is 0. The molecule has 2 fully saturated rings. The molecule has 0 radical (unpaired) electrons. The summed E-state index contributed by atoms with van der Waals surface area (Å²) in [4.78, 5) is 5.02. The lowest BCUT2D eigenvalue weighted by Crippen LogP contribution is -2.51. The van der Waals surface area contributed by atoms with Crippen LogP contribution < -0.4 is 5.73 Å². The predicted molar refractivity (Wildman–Crippen MR) is 63.8 cm³/mol. The Morgan fingerprint density at radius 1 is 1.33 bits per heavy atom. The van der Waals surface area contributed by atoms with Crippen LogP contribution in [-0.4, -0.2) is 55.1 Å². The summed E-state index contributed by atoms with van der Waals surface area (Å²) < 4.78 is 0. The van der Waals surface area contributed by atoms with Gasteiger partial charge in [-0.25, -0.2) is 0 Å². The van der Waals surface area contributed by atoms with Gasteiger partial charge in [-0.3, -0.25) is 4.90 Å². The maximum absolute atomic E-state index is 6.13. The second-order valence-corrected chi connectivity index (χ2v) is 5.44. The van der Waals surface area contributed by atoms with Gasteiger partial charge in [-0.05, 0) is 39.2 Å². The molecule has 88 valence electrons. The molecule has 1 aliphatic heterocycles. The average molecular weight is 211 g/mol. The molecule has 2 aliphatic rings. The number of nitrogens with two attached hydrogens (primary N) is 1. The molecule has 0 amide bonds. The molecule has 2 rings (SSSR count). The second kappa shape index (κ2) is 4.81. The normalized spacial score (nSPS) is 31.8. The fourth-order valence-electron chi connectivity index (χ4n) is 2.58. The molecule has 0 aromatic heterocycles. The fraction of sp³-hybridized carbons (Fsp3) is 1.00. The average Bonchev–Trinajstić information content (AvgIpc) is 2.99. The summed E-state index contributed by atoms with van der Waals surface area (Å²) in [5.41, 5.74) is 6.13. The lowest BCUT2D eigenvalue weighted by molar-refractivity contribution is 0.0966. The van der Waals surface area contributed by atoms with Gasteiger partial charge in [-0.15, -0.1) is 0 Å². The van der Waals surface area contributed by atoms with E-state index in [9.17, 15) is 0 Å². The smallest absolute Gasteiger partial charge is 0.0195 e. The third kappa shape index (κ3) is 3.16. The molecular weight excluding hydrogens is 186 g/mol. The lowest BCUT2D eigenvalue weighted by Gasteiger charge is -2.38. The quantitative estimate of drug-likeness (QED) is 0.745. The van der Waals surface area contributed by atoms with Crippen molar-refractivity contribution in [1.29, 1.82) is 0 Å². The fourth-order valence-corrected chi connectivity index (χ4v) is 2.58. The van der Waals surface area contributed by atoms with Gasteiger partial charge in [0.15, 0.2) is 0 Å². The molecule has 15 heavy (non-hydrogen) atoms. The maximum Gasteiger partial charge on any atom is 0.0195 e. The molecule has 2 unspecified atom stereocenters. The predicted octanol–water partition coefficient (Wildman–Crippen LogP) is 0.750. The van der Waals surface area contributed by atoms with E-state index < -0.39 is 0 Å². The highest BCUT2D eigenvalue weighted by atomic mass is 15.3. The Morgan fingerprint density at radius 3 is 2.67 bits per heavy atom. The summed E-state index contributed by atoms with van der Waals surface area (Å²) in [5.74, 6) is 0.854. The summed E-state index contributed by atoms with van der Waals surface area (Å²) in [6, 6.07) is 1.17. The Bertz CT molecular complexity index is 203. The molecule has 1 aliphatic carbocycles. The molecule has 1 saturated carbocycles. The first kappa shape index (κ1) is 11.4. The summed E-state index contributed by atoms with van der Waals surface area (Å²) >= 11 is 0. The van der Waals surface area contributed by atoms with Crippen molar-refractivity contribution < 1.29 is 0 Å². The number of rotatable bonds is 4. The van der Waals surface area contributed by atoms with Crippen molar-refractivity contribution in [2.24, 2.45) is 11.7 Å². The Kier molecular flexibility index (Phi) is 3.65. The highest BCUT2D eigenvalue weighted by molar-refractivity contribution is 4.86. The van der Waals surface area contributed by atoms with Crippen molar-refractivity contribution in [2.45, 2.75) is 38.3 Å². The zero-order chi connectivity index (χ0) is 10.8. The molecule has 1 heterocycles. The molecule has 2 atom stereocenters. The third-order valence-corrected chi connectivity index (χ3v) is 3.95. The van der Waals surface area contributed by atoms with Crippen LogP contribution in [0.25, 0.3) is 0 Å². The van der Waals surface area contributed by atoms with Crippen LogP contribution in [0.15, 0.2) is 0 Å². The first-order valence-electron chi connectivity index (χ1n) is 6.35. The molecular formula is C12H25N3. The van der Waals surface area contributed by atoms with Crippen molar-refractivity contribution in [3.05, 3.63) is 0 Å². The molecule has 3 heteroatoms. The van der Waals surface area contributed by atoms with Gasteiger partial charge in [0.2, 0.25) is 0 Å². The van der Waals surface area contributed by atoms with E-state index >= 15 is 0 Å². The van der Waals surface area contributed by atoms with Crippen molar-refractivity contribution in [3.8, 4) is 0 Å². The molecule has 1 saturated heterocycles. The van der Waals surface area contributed by atoms with Crippen LogP contribution in [0.4, 0.5) is 0 Å². The van der Waals surface area contributed by atoms with Crippen molar-refractivity contribution in [3.63, 3.8) is 0 Å². The highest BCUT2D eigenvalue weighted by Gasteiger charge is 2.29.